The van der Waals surface area contributed by atoms with Crippen LogP contribution in [0.25, 0.3) is 0 Å². The van der Waals surface area contributed by atoms with E-state index in [0.717, 1.165) is 5.56 Å². The second-order valence-corrected chi connectivity index (χ2v) is 6.27. The number of para-hydroxylation sites is 1. The van der Waals surface area contributed by atoms with E-state index in [1.165, 1.54) is 17.0 Å². The van der Waals surface area contributed by atoms with Crippen LogP contribution in [0.5, 0.6) is 5.75 Å². The van der Waals surface area contributed by atoms with E-state index in [1.807, 2.05) is 30.3 Å². The zero-order chi connectivity index (χ0) is 19.6. The van der Waals surface area contributed by atoms with Crippen molar-refractivity contribution in [1.29, 1.82) is 0 Å². The summed E-state index contributed by atoms with van der Waals surface area (Å²) < 4.78 is 0. The number of aromatic hydroxyl groups is 1. The van der Waals surface area contributed by atoms with Gasteiger partial charge in [0.05, 0.1) is 11.3 Å². The van der Waals surface area contributed by atoms with Crippen LogP contribution in [-0.2, 0) is 6.54 Å². The first-order chi connectivity index (χ1) is 12.9. The molecular formula is C20H23N3O4. The number of hydrogen-bond acceptors (Lipinski definition) is 6. The minimum Gasteiger partial charge on any atom is -0.505 e. The third-order valence-electron chi connectivity index (χ3n) is 4.15. The smallest absolute Gasteiger partial charge is 0.257 e. The minimum atomic E-state index is -0.672. The first kappa shape index (κ1) is 18.2. The van der Waals surface area contributed by atoms with E-state index in [-0.39, 0.29) is 37.1 Å². The van der Waals surface area contributed by atoms with Crippen molar-refractivity contribution >= 4 is 23.0 Å². The number of amides is 1. The van der Waals surface area contributed by atoms with E-state index in [4.69, 9.17) is 0 Å². The first-order valence-corrected chi connectivity index (χ1v) is 8.32. The van der Waals surface area contributed by atoms with Crippen LogP contribution in [0.4, 0.5) is 17.1 Å². The van der Waals surface area contributed by atoms with Crippen molar-refractivity contribution in [2.45, 2.75) is 6.54 Å². The molecule has 27 heavy (non-hydrogen) atoms. The molecule has 0 aliphatic rings. The van der Waals surface area contributed by atoms with Gasteiger partial charge in [0.15, 0.2) is 5.75 Å². The van der Waals surface area contributed by atoms with Crippen LogP contribution in [-0.4, -0.2) is 30.0 Å². The average Bonchev–Trinajstić information content (AvgIpc) is 2.68. The molecule has 0 atom stereocenters. The maximum absolute atomic E-state index is 12.1. The van der Waals surface area contributed by atoms with Gasteiger partial charge in [-0.3, -0.25) is 14.4 Å². The first-order valence-electron chi connectivity index (χ1n) is 8.32. The Labute approximate surface area is 158 Å². The largest absolute Gasteiger partial charge is 0.505 e. The lowest BCUT2D eigenvalue weighted by Crippen LogP contribution is -2.36. The lowest BCUT2D eigenvalue weighted by molar-refractivity contribution is 0.0824. The standard InChI is InChI=1S/C20H19N3O4.2H2/c1-23(2)20(27)13-9-6-10-14(17(13)24)22-16-15(18(25)19(16)26)21-11-12-7-4-3-5-8-12;;/h3-10,21-22,24H,11H2,1-2H3;2*1H. The fourth-order valence-electron chi connectivity index (χ4n) is 2.66. The van der Waals surface area contributed by atoms with Crippen LogP contribution in [0.15, 0.2) is 58.1 Å². The zero-order valence-electron chi connectivity index (χ0n) is 14.9. The van der Waals surface area contributed by atoms with E-state index in [2.05, 4.69) is 10.6 Å². The Morgan fingerprint density at radius 1 is 1.00 bits per heavy atom. The predicted octanol–water partition coefficient (Wildman–Crippen LogP) is 2.54. The Balaban J connectivity index is 0.00000210. The molecular weight excluding hydrogens is 346 g/mol. The summed E-state index contributed by atoms with van der Waals surface area (Å²) in [4.78, 5) is 37.3. The van der Waals surface area contributed by atoms with Crippen LogP contribution in [0, 0.1) is 0 Å². The van der Waals surface area contributed by atoms with E-state index >= 15 is 0 Å². The molecule has 0 aliphatic heterocycles. The number of hydrogen-bond donors (Lipinski definition) is 3. The molecule has 0 unspecified atom stereocenters. The van der Waals surface area contributed by atoms with Gasteiger partial charge < -0.3 is 20.6 Å². The van der Waals surface area contributed by atoms with Gasteiger partial charge in [-0.2, -0.15) is 0 Å². The molecule has 0 heterocycles. The molecule has 3 rings (SSSR count). The second-order valence-electron chi connectivity index (χ2n) is 6.27. The highest BCUT2D eigenvalue weighted by Gasteiger charge is 2.23. The number of nitrogens with one attached hydrogen (secondary N) is 2. The van der Waals surface area contributed by atoms with E-state index < -0.39 is 10.9 Å². The Morgan fingerprint density at radius 3 is 2.33 bits per heavy atom. The summed E-state index contributed by atoms with van der Waals surface area (Å²) in [5.74, 6) is -0.651. The summed E-state index contributed by atoms with van der Waals surface area (Å²) in [6, 6.07) is 14.0. The molecule has 0 bridgehead atoms. The molecule has 0 fully saturated rings. The Hall–Kier alpha value is -3.61. The van der Waals surface area contributed by atoms with Crippen molar-refractivity contribution in [1.82, 2.24) is 4.90 Å². The van der Waals surface area contributed by atoms with Crippen molar-refractivity contribution in [2.75, 3.05) is 24.7 Å². The van der Waals surface area contributed by atoms with Gasteiger partial charge >= 0.3 is 0 Å². The van der Waals surface area contributed by atoms with Crippen LogP contribution >= 0.6 is 0 Å². The van der Waals surface area contributed by atoms with Crippen molar-refractivity contribution < 1.29 is 12.8 Å². The summed E-state index contributed by atoms with van der Waals surface area (Å²) in [5.41, 5.74) is 0.175. The van der Waals surface area contributed by atoms with Gasteiger partial charge in [-0.05, 0) is 17.7 Å². The fraction of sp³-hybridized carbons (Fsp3) is 0.150. The van der Waals surface area contributed by atoms with E-state index in [9.17, 15) is 19.5 Å². The van der Waals surface area contributed by atoms with Crippen LogP contribution < -0.4 is 21.5 Å². The molecule has 7 nitrogen and oxygen atoms in total. The molecule has 1 amide bonds. The van der Waals surface area contributed by atoms with Crippen molar-refractivity contribution in [3.8, 4) is 5.75 Å². The third-order valence-corrected chi connectivity index (χ3v) is 4.15. The van der Waals surface area contributed by atoms with Crippen molar-refractivity contribution in [3.63, 3.8) is 0 Å². The highest BCUT2D eigenvalue weighted by atomic mass is 16.3. The summed E-state index contributed by atoms with van der Waals surface area (Å²) in [6.07, 6.45) is 0. The van der Waals surface area contributed by atoms with Crippen LogP contribution in [0.3, 0.4) is 0 Å². The lowest BCUT2D eigenvalue weighted by Gasteiger charge is -2.17. The van der Waals surface area contributed by atoms with Crippen LogP contribution in [0.2, 0.25) is 0 Å². The quantitative estimate of drug-likeness (QED) is 0.456. The molecule has 0 aliphatic carbocycles. The van der Waals surface area contributed by atoms with Crippen molar-refractivity contribution in [3.05, 3.63) is 80.1 Å². The number of phenolic OH excluding ortho intramolecular Hbond substituents is 1. The second kappa shape index (κ2) is 7.33. The molecule has 0 aromatic heterocycles. The topological polar surface area (TPSA) is 98.7 Å². The number of anilines is 3. The summed E-state index contributed by atoms with van der Waals surface area (Å²) in [7, 11) is 3.15. The monoisotopic (exact) mass is 369 g/mol. The number of nitrogens with zero attached hydrogens (tertiary/aromatic N) is 1. The number of benzene rings is 2. The third kappa shape index (κ3) is 3.52. The predicted molar refractivity (Wildman–Crippen MR) is 109 cm³/mol. The Bertz CT molecular complexity index is 1060. The van der Waals surface area contributed by atoms with Crippen LogP contribution in [0.1, 0.15) is 18.8 Å². The number of phenols is 1. The molecule has 142 valence electrons. The van der Waals surface area contributed by atoms with E-state index in [0.29, 0.717) is 6.54 Å². The van der Waals surface area contributed by atoms with E-state index in [1.54, 1.807) is 20.2 Å². The number of carbonyl (C=O) groups excluding carboxylic acids is 1. The lowest BCUT2D eigenvalue weighted by atomic mass is 10.1. The molecule has 7 heteroatoms. The van der Waals surface area contributed by atoms with Gasteiger partial charge in [-0.15, -0.1) is 0 Å². The Morgan fingerprint density at radius 2 is 1.67 bits per heavy atom. The zero-order valence-corrected chi connectivity index (χ0v) is 14.9. The fourth-order valence-corrected chi connectivity index (χ4v) is 2.66. The highest BCUT2D eigenvalue weighted by Crippen LogP contribution is 2.32. The summed E-state index contributed by atoms with van der Waals surface area (Å²) in [6.45, 7) is 0.380. The highest BCUT2D eigenvalue weighted by molar-refractivity contribution is 5.99. The minimum absolute atomic E-state index is 0. The molecule has 0 saturated carbocycles. The maximum Gasteiger partial charge on any atom is 0.257 e. The van der Waals surface area contributed by atoms with Crippen molar-refractivity contribution in [2.24, 2.45) is 0 Å². The molecule has 0 radical (unpaired) electrons. The molecule has 3 aromatic carbocycles. The normalized spacial score (nSPS) is 10.6. The van der Waals surface area contributed by atoms with Gasteiger partial charge in [-0.1, -0.05) is 36.4 Å². The number of rotatable bonds is 6. The SMILES string of the molecule is CN(C)C(=O)c1cccc(Nc2c(NCc3ccccc3)c(=O)c2=O)c1O.[HH].[HH]. The average molecular weight is 369 g/mol. The molecule has 3 aromatic rings. The summed E-state index contributed by atoms with van der Waals surface area (Å²) in [5, 5.41) is 16.1. The Kier molecular flexibility index (Phi) is 4.94. The summed E-state index contributed by atoms with van der Waals surface area (Å²) >= 11 is 0. The molecule has 3 N–H and O–H groups in total. The molecule has 0 saturated heterocycles. The van der Waals surface area contributed by atoms with Gasteiger partial charge in [0, 0.05) is 23.5 Å². The van der Waals surface area contributed by atoms with Gasteiger partial charge in [0.1, 0.15) is 11.4 Å². The van der Waals surface area contributed by atoms with Gasteiger partial charge in [-0.25, -0.2) is 0 Å². The van der Waals surface area contributed by atoms with Gasteiger partial charge in [0.2, 0.25) is 0 Å². The number of carbonyl (C=O) groups is 1. The molecule has 0 spiro atoms. The maximum atomic E-state index is 12.1. The van der Waals surface area contributed by atoms with Gasteiger partial charge in [0.25, 0.3) is 16.8 Å².